The van der Waals surface area contributed by atoms with Crippen molar-refractivity contribution in [3.63, 3.8) is 0 Å². The van der Waals surface area contributed by atoms with Gasteiger partial charge in [-0.25, -0.2) is 0 Å². The molecule has 1 aliphatic heterocycles. The molecule has 1 aliphatic rings. The van der Waals surface area contributed by atoms with Crippen LogP contribution in [0.2, 0.25) is 0 Å². The maximum Gasteiger partial charge on any atom is 0.0838 e. The molecule has 1 unspecified atom stereocenters. The SMILES string of the molecule is Cc1ccc(C(Cl)c2ccc3c(c2)COC3)c(C)c1. The third-order valence-corrected chi connectivity index (χ3v) is 4.22. The highest BCUT2D eigenvalue weighted by Gasteiger charge is 2.17. The Morgan fingerprint density at radius 2 is 1.79 bits per heavy atom. The van der Waals surface area contributed by atoms with Crippen molar-refractivity contribution in [1.82, 2.24) is 0 Å². The first-order chi connectivity index (χ1) is 9.15. The van der Waals surface area contributed by atoms with Crippen LogP contribution in [0.4, 0.5) is 0 Å². The molecular weight excluding hydrogens is 256 g/mol. The Bertz CT molecular complexity index is 619. The second-order valence-corrected chi connectivity index (χ2v) is 5.68. The maximum absolute atomic E-state index is 6.65. The van der Waals surface area contributed by atoms with Gasteiger partial charge in [0, 0.05) is 0 Å². The molecule has 0 radical (unpaired) electrons. The molecule has 0 fully saturated rings. The fourth-order valence-electron chi connectivity index (χ4n) is 2.64. The molecule has 1 heterocycles. The van der Waals surface area contributed by atoms with Gasteiger partial charge in [0.05, 0.1) is 18.6 Å². The Morgan fingerprint density at radius 1 is 1.00 bits per heavy atom. The van der Waals surface area contributed by atoms with E-state index >= 15 is 0 Å². The van der Waals surface area contributed by atoms with E-state index in [2.05, 4.69) is 50.2 Å². The summed E-state index contributed by atoms with van der Waals surface area (Å²) in [5.41, 5.74) is 7.41. The van der Waals surface area contributed by atoms with Crippen LogP contribution in [0.25, 0.3) is 0 Å². The van der Waals surface area contributed by atoms with E-state index in [9.17, 15) is 0 Å². The maximum atomic E-state index is 6.65. The predicted octanol–water partition coefficient (Wildman–Crippen LogP) is 4.66. The Morgan fingerprint density at radius 3 is 2.58 bits per heavy atom. The van der Waals surface area contributed by atoms with E-state index in [1.807, 2.05) is 0 Å². The van der Waals surface area contributed by atoms with Crippen molar-refractivity contribution in [1.29, 1.82) is 0 Å². The molecule has 2 aromatic rings. The molecule has 0 saturated heterocycles. The third kappa shape index (κ3) is 2.41. The van der Waals surface area contributed by atoms with Gasteiger partial charge in [0.25, 0.3) is 0 Å². The van der Waals surface area contributed by atoms with Crippen LogP contribution in [-0.4, -0.2) is 0 Å². The number of halogens is 1. The van der Waals surface area contributed by atoms with Crippen LogP contribution in [0.5, 0.6) is 0 Å². The fraction of sp³-hybridized carbons (Fsp3) is 0.294. The van der Waals surface area contributed by atoms with Gasteiger partial charge in [-0.1, -0.05) is 42.0 Å². The van der Waals surface area contributed by atoms with E-state index in [-0.39, 0.29) is 5.38 Å². The minimum Gasteiger partial charge on any atom is -0.372 e. The lowest BCUT2D eigenvalue weighted by atomic mass is 9.96. The van der Waals surface area contributed by atoms with Gasteiger partial charge in [0.2, 0.25) is 0 Å². The van der Waals surface area contributed by atoms with Crippen molar-refractivity contribution in [2.24, 2.45) is 0 Å². The van der Waals surface area contributed by atoms with E-state index in [1.54, 1.807) is 0 Å². The number of hydrogen-bond acceptors (Lipinski definition) is 1. The largest absolute Gasteiger partial charge is 0.372 e. The summed E-state index contributed by atoms with van der Waals surface area (Å²) in [6.45, 7) is 5.66. The quantitative estimate of drug-likeness (QED) is 0.723. The number of hydrogen-bond donors (Lipinski definition) is 0. The van der Waals surface area contributed by atoms with Gasteiger partial charge in [-0.3, -0.25) is 0 Å². The van der Waals surface area contributed by atoms with Crippen LogP contribution in [-0.2, 0) is 18.0 Å². The van der Waals surface area contributed by atoms with Crippen LogP contribution in [0.1, 0.15) is 38.8 Å². The molecule has 98 valence electrons. The molecule has 0 saturated carbocycles. The Labute approximate surface area is 119 Å². The predicted molar refractivity (Wildman–Crippen MR) is 78.5 cm³/mol. The molecule has 0 amide bonds. The van der Waals surface area contributed by atoms with Gasteiger partial charge >= 0.3 is 0 Å². The van der Waals surface area contributed by atoms with Gasteiger partial charge in [-0.15, -0.1) is 11.6 Å². The van der Waals surface area contributed by atoms with Crippen molar-refractivity contribution in [3.8, 4) is 0 Å². The van der Waals surface area contributed by atoms with Crippen LogP contribution in [0.15, 0.2) is 36.4 Å². The van der Waals surface area contributed by atoms with Crippen LogP contribution >= 0.6 is 11.6 Å². The van der Waals surface area contributed by atoms with Gasteiger partial charge < -0.3 is 4.74 Å². The van der Waals surface area contributed by atoms with Gasteiger partial charge in [-0.2, -0.15) is 0 Å². The summed E-state index contributed by atoms with van der Waals surface area (Å²) in [6.07, 6.45) is 0. The average molecular weight is 273 g/mol. The number of ether oxygens (including phenoxy) is 1. The first kappa shape index (κ1) is 12.7. The second kappa shape index (κ2) is 4.99. The number of rotatable bonds is 2. The molecule has 1 atom stereocenters. The van der Waals surface area contributed by atoms with Gasteiger partial charge in [0.15, 0.2) is 0 Å². The van der Waals surface area contributed by atoms with Crippen molar-refractivity contribution in [2.75, 3.05) is 0 Å². The standard InChI is InChI=1S/C17H17ClO/c1-11-3-6-16(12(2)7-11)17(18)13-4-5-14-9-19-10-15(14)8-13/h3-8,17H,9-10H2,1-2H3. The van der Waals surface area contributed by atoms with Gasteiger partial charge in [-0.05, 0) is 41.7 Å². The molecule has 0 spiro atoms. The summed E-state index contributed by atoms with van der Waals surface area (Å²) in [4.78, 5) is 0. The zero-order valence-electron chi connectivity index (χ0n) is 11.2. The lowest BCUT2D eigenvalue weighted by molar-refractivity contribution is 0.134. The second-order valence-electron chi connectivity index (χ2n) is 5.24. The fourth-order valence-corrected chi connectivity index (χ4v) is 3.02. The number of aryl methyl sites for hydroxylation is 2. The Balaban J connectivity index is 1.97. The van der Waals surface area contributed by atoms with Gasteiger partial charge in [0.1, 0.15) is 0 Å². The van der Waals surface area contributed by atoms with E-state index < -0.39 is 0 Å². The smallest absolute Gasteiger partial charge is 0.0838 e. The molecule has 0 bridgehead atoms. The van der Waals surface area contributed by atoms with Crippen LogP contribution in [0, 0.1) is 13.8 Å². The summed E-state index contributed by atoms with van der Waals surface area (Å²) >= 11 is 6.65. The molecule has 19 heavy (non-hydrogen) atoms. The van der Waals surface area contributed by atoms with E-state index in [1.165, 1.54) is 27.8 Å². The van der Waals surface area contributed by atoms with E-state index in [0.29, 0.717) is 6.61 Å². The highest BCUT2D eigenvalue weighted by Crippen LogP contribution is 2.33. The Kier molecular flexibility index (Phi) is 3.34. The van der Waals surface area contributed by atoms with Crippen molar-refractivity contribution >= 4 is 11.6 Å². The normalized spacial score (nSPS) is 15.3. The van der Waals surface area contributed by atoms with Crippen LogP contribution < -0.4 is 0 Å². The van der Waals surface area contributed by atoms with Crippen molar-refractivity contribution < 1.29 is 4.74 Å². The summed E-state index contributed by atoms with van der Waals surface area (Å²) in [6, 6.07) is 12.9. The molecule has 0 aliphatic carbocycles. The average Bonchev–Trinajstić information content (AvgIpc) is 2.85. The van der Waals surface area contributed by atoms with Crippen molar-refractivity contribution in [2.45, 2.75) is 32.4 Å². The first-order valence-corrected chi connectivity index (χ1v) is 6.99. The highest BCUT2D eigenvalue weighted by molar-refractivity contribution is 6.22. The Hall–Kier alpha value is -1.31. The molecule has 1 nitrogen and oxygen atoms in total. The number of alkyl halides is 1. The van der Waals surface area contributed by atoms with E-state index in [4.69, 9.17) is 16.3 Å². The topological polar surface area (TPSA) is 9.23 Å². The molecular formula is C17H17ClO. The lowest BCUT2D eigenvalue weighted by Gasteiger charge is -2.15. The molecule has 0 aromatic heterocycles. The summed E-state index contributed by atoms with van der Waals surface area (Å²) < 4.78 is 5.45. The summed E-state index contributed by atoms with van der Waals surface area (Å²) in [7, 11) is 0. The van der Waals surface area contributed by atoms with Crippen LogP contribution in [0.3, 0.4) is 0 Å². The zero-order chi connectivity index (χ0) is 13.4. The number of fused-ring (bicyclic) bond motifs is 1. The van der Waals surface area contributed by atoms with Crippen molar-refractivity contribution in [3.05, 3.63) is 69.8 Å². The molecule has 3 rings (SSSR count). The summed E-state index contributed by atoms with van der Waals surface area (Å²) in [5.74, 6) is 0. The molecule has 2 heteroatoms. The van der Waals surface area contributed by atoms with E-state index in [0.717, 1.165) is 12.2 Å². The molecule has 2 aromatic carbocycles. The minimum atomic E-state index is -0.0912. The minimum absolute atomic E-state index is 0.0912. The number of benzene rings is 2. The lowest BCUT2D eigenvalue weighted by Crippen LogP contribution is -1.98. The molecule has 0 N–H and O–H groups in total. The zero-order valence-corrected chi connectivity index (χ0v) is 12.0. The summed E-state index contributed by atoms with van der Waals surface area (Å²) in [5, 5.41) is -0.0912. The highest BCUT2D eigenvalue weighted by atomic mass is 35.5. The third-order valence-electron chi connectivity index (χ3n) is 3.74. The first-order valence-electron chi connectivity index (χ1n) is 6.56. The monoisotopic (exact) mass is 272 g/mol.